The van der Waals surface area contributed by atoms with Gasteiger partial charge in [-0.25, -0.2) is 0 Å². The number of carbonyl (C=O) groups is 2. The van der Waals surface area contributed by atoms with E-state index < -0.39 is 11.9 Å². The van der Waals surface area contributed by atoms with Crippen LogP contribution in [0.25, 0.3) is 33.2 Å². The molecule has 0 fully saturated rings. The Morgan fingerprint density at radius 3 is 2.43 bits per heavy atom. The van der Waals surface area contributed by atoms with Crippen LogP contribution in [0.15, 0.2) is 77.5 Å². The van der Waals surface area contributed by atoms with Gasteiger partial charge in [0.05, 0.1) is 11.6 Å². The second-order valence-electron chi connectivity index (χ2n) is 9.26. The number of hydrogen-bond acceptors (Lipinski definition) is 5. The first-order valence-corrected chi connectivity index (χ1v) is 12.2. The molecule has 0 aliphatic rings. The van der Waals surface area contributed by atoms with Crippen molar-refractivity contribution in [1.29, 1.82) is 0 Å². The molecule has 2 aromatic carbocycles. The molecule has 0 saturated carbocycles. The molecule has 5 rings (SSSR count). The maximum atomic E-state index is 11.4. The van der Waals surface area contributed by atoms with E-state index in [2.05, 4.69) is 37.2 Å². The molecule has 3 aromatic heterocycles. The maximum Gasteiger partial charge on any atom is 0.303 e. The summed E-state index contributed by atoms with van der Waals surface area (Å²) in [5.74, 6) is 0.0185. The van der Waals surface area contributed by atoms with Crippen LogP contribution in [0.2, 0.25) is 0 Å². The molecule has 0 aliphatic carbocycles. The van der Waals surface area contributed by atoms with Gasteiger partial charge in [0.25, 0.3) is 5.91 Å². The number of aliphatic carboxylic acids is 1. The third-order valence-corrected chi connectivity index (χ3v) is 5.97. The van der Waals surface area contributed by atoms with E-state index >= 15 is 0 Å². The highest BCUT2D eigenvalue weighted by Crippen LogP contribution is 2.31. The molecule has 0 saturated heterocycles. The Bertz CT molecular complexity index is 1500. The summed E-state index contributed by atoms with van der Waals surface area (Å²) in [7, 11) is 0. The first-order chi connectivity index (χ1) is 17.7. The van der Waals surface area contributed by atoms with Crippen LogP contribution in [0.4, 0.5) is 0 Å². The topological polar surface area (TPSA) is 124 Å². The minimum Gasteiger partial charge on any atom is -0.481 e. The number of nitrogens with zero attached hydrogens (tertiary/aromatic N) is 3. The number of nitrogens with two attached hydrogens (primary N) is 1. The van der Waals surface area contributed by atoms with E-state index in [4.69, 9.17) is 20.4 Å². The van der Waals surface area contributed by atoms with Crippen LogP contribution in [0, 0.1) is 5.92 Å². The van der Waals surface area contributed by atoms with E-state index in [9.17, 15) is 9.59 Å². The molecule has 3 N–H and O–H groups in total. The van der Waals surface area contributed by atoms with Crippen molar-refractivity contribution in [2.24, 2.45) is 11.7 Å². The highest BCUT2D eigenvalue weighted by atomic mass is 16.4. The van der Waals surface area contributed by atoms with Gasteiger partial charge in [-0.1, -0.05) is 45.0 Å². The van der Waals surface area contributed by atoms with Gasteiger partial charge < -0.3 is 15.3 Å². The zero-order chi connectivity index (χ0) is 26.5. The predicted molar refractivity (Wildman–Crippen MR) is 143 cm³/mol. The van der Waals surface area contributed by atoms with Gasteiger partial charge in [0.1, 0.15) is 17.0 Å². The Labute approximate surface area is 214 Å². The fourth-order valence-corrected chi connectivity index (χ4v) is 4.07. The Hall–Kier alpha value is -4.46. The summed E-state index contributed by atoms with van der Waals surface area (Å²) in [6.07, 6.45) is 4.90. The largest absolute Gasteiger partial charge is 0.481 e. The van der Waals surface area contributed by atoms with Gasteiger partial charge in [0.2, 0.25) is 0 Å². The number of aromatic nitrogens is 3. The minimum atomic E-state index is -0.745. The van der Waals surface area contributed by atoms with Gasteiger partial charge in [0, 0.05) is 35.2 Å². The van der Waals surface area contributed by atoms with Crippen LogP contribution in [0.3, 0.4) is 0 Å². The van der Waals surface area contributed by atoms with Gasteiger partial charge in [-0.3, -0.25) is 19.3 Å². The Morgan fingerprint density at radius 2 is 1.81 bits per heavy atom. The molecule has 0 aliphatic heterocycles. The highest BCUT2D eigenvalue weighted by Gasteiger charge is 2.19. The maximum absolute atomic E-state index is 11.4. The molecule has 0 radical (unpaired) electrons. The van der Waals surface area contributed by atoms with Gasteiger partial charge in [0.15, 0.2) is 0 Å². The van der Waals surface area contributed by atoms with Gasteiger partial charge >= 0.3 is 5.97 Å². The number of carbonyl (C=O) groups excluding carboxylic acids is 1. The zero-order valence-electron chi connectivity index (χ0n) is 21.1. The highest BCUT2D eigenvalue weighted by molar-refractivity contribution is 5.90. The molecule has 1 unspecified atom stereocenters. The third-order valence-electron chi connectivity index (χ3n) is 5.97. The van der Waals surface area contributed by atoms with Crippen molar-refractivity contribution in [2.75, 3.05) is 0 Å². The van der Waals surface area contributed by atoms with Crippen molar-refractivity contribution in [3.05, 3.63) is 84.3 Å². The number of carboxylic acid groups (broad SMARTS) is 1. The number of benzene rings is 2. The molecule has 1 amide bonds. The van der Waals surface area contributed by atoms with Crippen molar-refractivity contribution in [3.8, 4) is 11.3 Å². The van der Waals surface area contributed by atoms with Crippen LogP contribution >= 0.6 is 0 Å². The van der Waals surface area contributed by atoms with Crippen molar-refractivity contribution in [1.82, 2.24) is 14.8 Å². The molecule has 190 valence electrons. The second-order valence-corrected chi connectivity index (χ2v) is 9.26. The summed E-state index contributed by atoms with van der Waals surface area (Å²) in [4.78, 5) is 25.0. The number of carboxylic acids is 1. The smallest absolute Gasteiger partial charge is 0.303 e. The van der Waals surface area contributed by atoms with E-state index in [1.165, 1.54) is 0 Å². The van der Waals surface area contributed by atoms with Gasteiger partial charge in [-0.2, -0.15) is 5.10 Å². The van der Waals surface area contributed by atoms with Gasteiger partial charge in [-0.15, -0.1) is 0 Å². The summed E-state index contributed by atoms with van der Waals surface area (Å²) in [5.41, 5.74) is 9.41. The van der Waals surface area contributed by atoms with Crippen molar-refractivity contribution in [2.45, 2.75) is 39.7 Å². The molecule has 0 spiro atoms. The lowest BCUT2D eigenvalue weighted by molar-refractivity contribution is -0.136. The lowest BCUT2D eigenvalue weighted by Crippen LogP contribution is -2.16. The van der Waals surface area contributed by atoms with Crippen LogP contribution in [0.5, 0.6) is 0 Å². The molecule has 1 atom stereocenters. The van der Waals surface area contributed by atoms with E-state index in [1.54, 1.807) is 19.2 Å². The zero-order valence-corrected chi connectivity index (χ0v) is 21.1. The molecular formula is C29H30N4O4. The summed E-state index contributed by atoms with van der Waals surface area (Å²) in [6, 6.07) is 19.8. The summed E-state index contributed by atoms with van der Waals surface area (Å²) in [5, 5.41) is 14.7. The van der Waals surface area contributed by atoms with E-state index in [1.807, 2.05) is 47.1 Å². The number of primary amides is 1. The number of para-hydroxylation sites is 1. The van der Waals surface area contributed by atoms with Crippen molar-refractivity contribution < 1.29 is 19.1 Å². The predicted octanol–water partition coefficient (Wildman–Crippen LogP) is 6.06. The average Bonchev–Trinajstić information content (AvgIpc) is 3.51. The minimum absolute atomic E-state index is 0.00600. The molecule has 0 bridgehead atoms. The number of hydrogen-bond donors (Lipinski definition) is 2. The fraction of sp³-hybridized carbons (Fsp3) is 0.241. The van der Waals surface area contributed by atoms with Crippen LogP contribution in [-0.4, -0.2) is 31.7 Å². The molecule has 8 nitrogen and oxygen atoms in total. The number of pyridine rings is 1. The molecule has 3 heterocycles. The van der Waals surface area contributed by atoms with Crippen molar-refractivity contribution >= 4 is 33.7 Å². The van der Waals surface area contributed by atoms with Crippen LogP contribution in [0.1, 0.15) is 55.7 Å². The Kier molecular flexibility index (Phi) is 7.67. The van der Waals surface area contributed by atoms with Gasteiger partial charge in [-0.05, 0) is 54.3 Å². The number of rotatable bonds is 7. The molecule has 5 aromatic rings. The SMILES string of the molecule is CC(C)CC(c1ccc(C(N)=O)nc1)n1cc2cc(-c3cc4ccccc4o3)ccc2n1.CCC(=O)O. The van der Waals surface area contributed by atoms with E-state index in [0.29, 0.717) is 5.92 Å². The van der Waals surface area contributed by atoms with Crippen LogP contribution in [-0.2, 0) is 4.79 Å². The molecule has 37 heavy (non-hydrogen) atoms. The Morgan fingerprint density at radius 1 is 1.05 bits per heavy atom. The van der Waals surface area contributed by atoms with Crippen LogP contribution < -0.4 is 5.73 Å². The quantitative estimate of drug-likeness (QED) is 0.281. The lowest BCUT2D eigenvalue weighted by atomic mass is 9.98. The average molecular weight is 499 g/mol. The lowest BCUT2D eigenvalue weighted by Gasteiger charge is -2.20. The standard InChI is InChI=1S/C26H24N4O2.C3H6O2/c1-16(2)11-23(19-8-10-22(26(27)31)28-14-19)30-15-20-12-18(7-9-21(20)29-30)25-13-17-5-3-4-6-24(17)32-25;1-2-3(4)5/h3-10,12-16,23H,11H2,1-2H3,(H2,27,31);2H2,1H3,(H,4,5). The first kappa shape index (κ1) is 25.6. The number of furan rings is 1. The summed E-state index contributed by atoms with van der Waals surface area (Å²) in [6.45, 7) is 5.96. The van der Waals surface area contributed by atoms with E-state index in [0.717, 1.165) is 45.2 Å². The van der Waals surface area contributed by atoms with E-state index in [-0.39, 0.29) is 18.2 Å². The normalized spacial score (nSPS) is 11.9. The number of amides is 1. The fourth-order valence-electron chi connectivity index (χ4n) is 4.07. The number of fused-ring (bicyclic) bond motifs is 2. The van der Waals surface area contributed by atoms with Crippen molar-refractivity contribution in [3.63, 3.8) is 0 Å². The summed E-state index contributed by atoms with van der Waals surface area (Å²) < 4.78 is 8.03. The third kappa shape index (κ3) is 6.03. The Balaban J connectivity index is 0.000000586. The second kappa shape index (κ2) is 11.1. The first-order valence-electron chi connectivity index (χ1n) is 12.2. The molecular weight excluding hydrogens is 468 g/mol. The summed E-state index contributed by atoms with van der Waals surface area (Å²) >= 11 is 0. The molecule has 8 heteroatoms. The monoisotopic (exact) mass is 498 g/mol.